The number of anilines is 1. The lowest BCUT2D eigenvalue weighted by atomic mass is 10.1. The first kappa shape index (κ1) is 16.0. The normalized spacial score (nSPS) is 11.4. The summed E-state index contributed by atoms with van der Waals surface area (Å²) in [4.78, 5) is -0.103. The molecule has 3 nitrogen and oxygen atoms in total. The van der Waals surface area contributed by atoms with E-state index in [4.69, 9.17) is 0 Å². The molecule has 2 aromatic carbocycles. The van der Waals surface area contributed by atoms with E-state index in [0.29, 0.717) is 12.1 Å². The molecule has 0 fully saturated rings. The second kappa shape index (κ2) is 6.15. The summed E-state index contributed by atoms with van der Waals surface area (Å²) in [7, 11) is -3.82. The summed E-state index contributed by atoms with van der Waals surface area (Å²) in [6.45, 7) is 3.78. The summed E-state index contributed by atoms with van der Waals surface area (Å²) in [6.07, 6.45) is 0.703. The van der Waals surface area contributed by atoms with Crippen molar-refractivity contribution in [3.8, 4) is 0 Å². The predicted octanol–water partition coefficient (Wildman–Crippen LogP) is 4.26. The Morgan fingerprint density at radius 1 is 1.24 bits per heavy atom. The molecule has 0 aliphatic carbocycles. The SMILES string of the molecule is CCc1cccc(C)c1NS(=O)(=O)c1ccc(Br)c(F)c1. The number of nitrogens with one attached hydrogen (secondary N) is 1. The molecule has 2 rings (SSSR count). The van der Waals surface area contributed by atoms with Gasteiger partial charge in [-0.05, 0) is 58.6 Å². The van der Waals surface area contributed by atoms with E-state index in [1.807, 2.05) is 32.0 Å². The van der Waals surface area contributed by atoms with E-state index in [9.17, 15) is 12.8 Å². The smallest absolute Gasteiger partial charge is 0.262 e. The number of rotatable bonds is 4. The van der Waals surface area contributed by atoms with E-state index in [2.05, 4.69) is 20.7 Å². The molecule has 21 heavy (non-hydrogen) atoms. The number of sulfonamides is 1. The second-order valence-corrected chi connectivity index (χ2v) is 7.18. The summed E-state index contributed by atoms with van der Waals surface area (Å²) in [5, 5.41) is 0. The molecule has 112 valence electrons. The molecule has 6 heteroatoms. The number of hydrogen-bond acceptors (Lipinski definition) is 2. The molecule has 1 N–H and O–H groups in total. The van der Waals surface area contributed by atoms with Crippen LogP contribution in [0, 0.1) is 12.7 Å². The van der Waals surface area contributed by atoms with E-state index < -0.39 is 15.8 Å². The average molecular weight is 372 g/mol. The van der Waals surface area contributed by atoms with Gasteiger partial charge in [0, 0.05) is 0 Å². The predicted molar refractivity (Wildman–Crippen MR) is 85.5 cm³/mol. The monoisotopic (exact) mass is 371 g/mol. The largest absolute Gasteiger partial charge is 0.279 e. The lowest BCUT2D eigenvalue weighted by Crippen LogP contribution is -2.15. The lowest BCUT2D eigenvalue weighted by Gasteiger charge is -2.14. The maximum atomic E-state index is 13.5. The van der Waals surface area contributed by atoms with Crippen LogP contribution < -0.4 is 4.72 Å². The molecule has 0 radical (unpaired) electrons. The number of hydrogen-bond donors (Lipinski definition) is 1. The lowest BCUT2D eigenvalue weighted by molar-refractivity contribution is 0.593. The minimum absolute atomic E-state index is 0.103. The Balaban J connectivity index is 2.44. The third-order valence-corrected chi connectivity index (χ3v) is 5.17. The van der Waals surface area contributed by atoms with Crippen molar-refractivity contribution in [3.05, 3.63) is 57.8 Å². The fourth-order valence-corrected chi connectivity index (χ4v) is 3.44. The minimum atomic E-state index is -3.82. The zero-order valence-corrected chi connectivity index (χ0v) is 14.1. The van der Waals surface area contributed by atoms with Gasteiger partial charge in [0.25, 0.3) is 10.0 Å². The molecular weight excluding hydrogens is 357 g/mol. The van der Waals surface area contributed by atoms with Crippen molar-refractivity contribution in [2.75, 3.05) is 4.72 Å². The zero-order chi connectivity index (χ0) is 15.6. The fourth-order valence-electron chi connectivity index (χ4n) is 2.01. The summed E-state index contributed by atoms with van der Waals surface area (Å²) >= 11 is 3.01. The van der Waals surface area contributed by atoms with Gasteiger partial charge >= 0.3 is 0 Å². The van der Waals surface area contributed by atoms with E-state index in [1.165, 1.54) is 12.1 Å². The van der Waals surface area contributed by atoms with E-state index in [-0.39, 0.29) is 9.37 Å². The van der Waals surface area contributed by atoms with Crippen LogP contribution in [-0.4, -0.2) is 8.42 Å². The van der Waals surface area contributed by atoms with Gasteiger partial charge in [-0.25, -0.2) is 12.8 Å². The summed E-state index contributed by atoms with van der Waals surface area (Å²) < 4.78 is 41.1. The number of halogens is 2. The van der Waals surface area contributed by atoms with Crippen LogP contribution in [-0.2, 0) is 16.4 Å². The van der Waals surface area contributed by atoms with Crippen molar-refractivity contribution in [2.24, 2.45) is 0 Å². The molecule has 0 bridgehead atoms. The highest BCUT2D eigenvalue weighted by Gasteiger charge is 2.18. The molecule has 0 heterocycles. The van der Waals surface area contributed by atoms with Gasteiger partial charge in [-0.1, -0.05) is 25.1 Å². The number of benzene rings is 2. The van der Waals surface area contributed by atoms with Crippen LogP contribution in [0.1, 0.15) is 18.1 Å². The van der Waals surface area contributed by atoms with Gasteiger partial charge in [0.2, 0.25) is 0 Å². The highest BCUT2D eigenvalue weighted by molar-refractivity contribution is 9.10. The first-order valence-electron chi connectivity index (χ1n) is 6.41. The van der Waals surface area contributed by atoms with Gasteiger partial charge in [0.15, 0.2) is 0 Å². The van der Waals surface area contributed by atoms with E-state index in [0.717, 1.165) is 17.2 Å². The summed E-state index contributed by atoms with van der Waals surface area (Å²) in [5.74, 6) is -0.613. The Morgan fingerprint density at radius 2 is 1.95 bits per heavy atom. The van der Waals surface area contributed by atoms with Crippen LogP contribution in [0.2, 0.25) is 0 Å². The minimum Gasteiger partial charge on any atom is -0.279 e. The van der Waals surface area contributed by atoms with Crippen LogP contribution in [0.4, 0.5) is 10.1 Å². The molecule has 0 atom stereocenters. The number of aryl methyl sites for hydroxylation is 2. The van der Waals surface area contributed by atoms with E-state index >= 15 is 0 Å². The molecule has 0 aliphatic rings. The Labute approximate surface area is 132 Å². The topological polar surface area (TPSA) is 46.2 Å². The highest BCUT2D eigenvalue weighted by atomic mass is 79.9. The maximum absolute atomic E-state index is 13.5. The molecule has 0 spiro atoms. The van der Waals surface area contributed by atoms with Gasteiger partial charge in [0.1, 0.15) is 5.82 Å². The third kappa shape index (κ3) is 3.44. The van der Waals surface area contributed by atoms with Crippen molar-refractivity contribution in [3.63, 3.8) is 0 Å². The van der Waals surface area contributed by atoms with Gasteiger partial charge in [-0.2, -0.15) is 0 Å². The molecule has 0 amide bonds. The van der Waals surface area contributed by atoms with Crippen LogP contribution in [0.15, 0.2) is 45.8 Å². The second-order valence-electron chi connectivity index (χ2n) is 4.64. The first-order chi connectivity index (χ1) is 9.85. The van der Waals surface area contributed by atoms with Crippen molar-refractivity contribution in [1.82, 2.24) is 0 Å². The molecule has 2 aromatic rings. The fraction of sp³-hybridized carbons (Fsp3) is 0.200. The molecule has 0 aliphatic heterocycles. The van der Waals surface area contributed by atoms with Crippen molar-refractivity contribution >= 4 is 31.6 Å². The Kier molecular flexibility index (Phi) is 4.68. The standard InChI is InChI=1S/C15H15BrFNO2S/c1-3-11-6-4-5-10(2)15(11)18-21(19,20)12-7-8-13(16)14(17)9-12/h4-9,18H,3H2,1-2H3. The third-order valence-electron chi connectivity index (χ3n) is 3.18. The van der Waals surface area contributed by atoms with Gasteiger partial charge in [-0.3, -0.25) is 4.72 Å². The maximum Gasteiger partial charge on any atom is 0.262 e. The van der Waals surface area contributed by atoms with Crippen LogP contribution in [0.25, 0.3) is 0 Å². The van der Waals surface area contributed by atoms with Crippen molar-refractivity contribution in [1.29, 1.82) is 0 Å². The summed E-state index contributed by atoms with van der Waals surface area (Å²) in [6, 6.07) is 9.32. The van der Waals surface area contributed by atoms with Crippen LogP contribution in [0.3, 0.4) is 0 Å². The zero-order valence-electron chi connectivity index (χ0n) is 11.7. The molecule has 0 saturated heterocycles. The first-order valence-corrected chi connectivity index (χ1v) is 8.69. The van der Waals surface area contributed by atoms with Gasteiger partial charge < -0.3 is 0 Å². The van der Waals surface area contributed by atoms with E-state index in [1.54, 1.807) is 0 Å². The molecule has 0 aromatic heterocycles. The highest BCUT2D eigenvalue weighted by Crippen LogP contribution is 2.26. The Hall–Kier alpha value is -1.40. The van der Waals surface area contributed by atoms with Gasteiger partial charge in [-0.15, -0.1) is 0 Å². The Morgan fingerprint density at radius 3 is 2.57 bits per heavy atom. The van der Waals surface area contributed by atoms with Crippen LogP contribution >= 0.6 is 15.9 Å². The summed E-state index contributed by atoms with van der Waals surface area (Å²) in [5.41, 5.74) is 2.29. The Bertz CT molecular complexity index is 775. The molecular formula is C15H15BrFNO2S. The van der Waals surface area contributed by atoms with Crippen molar-refractivity contribution in [2.45, 2.75) is 25.2 Å². The quantitative estimate of drug-likeness (QED) is 0.872. The number of para-hydroxylation sites is 1. The average Bonchev–Trinajstić information content (AvgIpc) is 2.43. The molecule has 0 unspecified atom stereocenters. The van der Waals surface area contributed by atoms with Crippen molar-refractivity contribution < 1.29 is 12.8 Å². The molecule has 0 saturated carbocycles. The van der Waals surface area contributed by atoms with Gasteiger partial charge in [0.05, 0.1) is 15.1 Å². The van der Waals surface area contributed by atoms with Crippen LogP contribution in [0.5, 0.6) is 0 Å².